The molecule has 132 valence electrons. The van der Waals surface area contributed by atoms with Gasteiger partial charge in [-0.3, -0.25) is 9.59 Å². The summed E-state index contributed by atoms with van der Waals surface area (Å²) in [6, 6.07) is 7.53. The summed E-state index contributed by atoms with van der Waals surface area (Å²) in [5.41, 5.74) is 1.40. The Morgan fingerprint density at radius 3 is 2.00 bits per heavy atom. The van der Waals surface area contributed by atoms with Crippen LogP contribution in [0.2, 0.25) is 5.02 Å². The van der Waals surface area contributed by atoms with E-state index in [9.17, 15) is 9.59 Å². The van der Waals surface area contributed by atoms with E-state index in [0.29, 0.717) is 5.02 Å². The number of ketones is 2. The first-order valence-corrected chi connectivity index (χ1v) is 9.07. The molecule has 3 heteroatoms. The Morgan fingerprint density at radius 1 is 0.960 bits per heavy atom. The number of rotatable bonds is 1. The van der Waals surface area contributed by atoms with Crippen LogP contribution in [-0.4, -0.2) is 11.6 Å². The molecule has 4 rings (SSSR count). The fraction of sp³-hybridized carbons (Fsp3) is 0.455. The highest BCUT2D eigenvalue weighted by atomic mass is 35.5. The number of Topliss-reactive ketones (excluding diaryl/α,β-unsaturated/α-hetero) is 2. The van der Waals surface area contributed by atoms with E-state index in [1.165, 1.54) is 0 Å². The summed E-state index contributed by atoms with van der Waals surface area (Å²) in [5.74, 6) is -1.02. The van der Waals surface area contributed by atoms with Crippen LogP contribution < -0.4 is 0 Å². The zero-order valence-corrected chi connectivity index (χ0v) is 16.5. The van der Waals surface area contributed by atoms with Crippen LogP contribution in [-0.2, 0) is 9.59 Å². The van der Waals surface area contributed by atoms with Crippen molar-refractivity contribution in [2.24, 2.45) is 22.2 Å². The number of hydrogen-bond acceptors (Lipinski definition) is 2. The van der Waals surface area contributed by atoms with E-state index in [2.05, 4.69) is 26.8 Å². The molecule has 2 atom stereocenters. The quantitative estimate of drug-likeness (QED) is 0.491. The van der Waals surface area contributed by atoms with Gasteiger partial charge in [-0.2, -0.15) is 0 Å². The number of benzene rings is 1. The molecule has 0 aromatic heterocycles. The number of carbonyl (C=O) groups is 2. The maximum atomic E-state index is 13.2. The second kappa shape index (κ2) is 5.41. The maximum absolute atomic E-state index is 13.2. The monoisotopic (exact) mass is 356 g/mol. The lowest BCUT2D eigenvalue weighted by molar-refractivity contribution is -0.145. The molecule has 2 bridgehead atoms. The third-order valence-electron chi connectivity index (χ3n) is 5.53. The van der Waals surface area contributed by atoms with E-state index < -0.39 is 16.7 Å². The average molecular weight is 357 g/mol. The van der Waals surface area contributed by atoms with Gasteiger partial charge in [-0.1, -0.05) is 83.0 Å². The number of allylic oxidation sites excluding steroid dienone is 4. The van der Waals surface area contributed by atoms with E-state index in [0.717, 1.165) is 16.7 Å². The van der Waals surface area contributed by atoms with Crippen molar-refractivity contribution in [3.8, 4) is 0 Å². The fourth-order valence-corrected chi connectivity index (χ4v) is 4.25. The van der Waals surface area contributed by atoms with Crippen LogP contribution in [0, 0.1) is 22.2 Å². The van der Waals surface area contributed by atoms with Crippen LogP contribution in [0.15, 0.2) is 42.0 Å². The Kier molecular flexibility index (Phi) is 3.92. The van der Waals surface area contributed by atoms with Crippen molar-refractivity contribution in [2.75, 3.05) is 0 Å². The molecule has 3 aliphatic carbocycles. The minimum Gasteiger partial charge on any atom is -0.290 e. The molecule has 0 N–H and O–H groups in total. The molecule has 2 unspecified atom stereocenters. The van der Waals surface area contributed by atoms with Crippen LogP contribution >= 0.6 is 11.6 Å². The van der Waals surface area contributed by atoms with Crippen LogP contribution in [0.1, 0.15) is 47.1 Å². The predicted molar refractivity (Wildman–Crippen MR) is 102 cm³/mol. The molecular formula is C22H25ClO2. The van der Waals surface area contributed by atoms with Crippen molar-refractivity contribution in [3.05, 3.63) is 52.6 Å². The van der Waals surface area contributed by atoms with Crippen molar-refractivity contribution in [1.29, 1.82) is 0 Å². The maximum Gasteiger partial charge on any atom is 0.214 e. The van der Waals surface area contributed by atoms with Gasteiger partial charge in [-0.15, -0.1) is 0 Å². The minimum absolute atomic E-state index is 0.167. The summed E-state index contributed by atoms with van der Waals surface area (Å²) >= 11 is 6.04. The smallest absolute Gasteiger partial charge is 0.214 e. The molecule has 1 aromatic carbocycles. The molecular weight excluding hydrogens is 332 g/mol. The van der Waals surface area contributed by atoms with Gasteiger partial charge in [0.2, 0.25) is 11.6 Å². The molecule has 0 heterocycles. The Hall–Kier alpha value is -1.67. The van der Waals surface area contributed by atoms with Crippen molar-refractivity contribution in [3.63, 3.8) is 0 Å². The van der Waals surface area contributed by atoms with Crippen molar-refractivity contribution in [1.82, 2.24) is 0 Å². The highest BCUT2D eigenvalue weighted by Crippen LogP contribution is 2.60. The summed E-state index contributed by atoms with van der Waals surface area (Å²) in [4.78, 5) is 26.1. The van der Waals surface area contributed by atoms with Gasteiger partial charge < -0.3 is 0 Å². The van der Waals surface area contributed by atoms with Crippen LogP contribution in [0.4, 0.5) is 0 Å². The third-order valence-corrected chi connectivity index (χ3v) is 5.79. The number of carbonyl (C=O) groups excluding carboxylic acids is 2. The lowest BCUT2D eigenvalue weighted by Gasteiger charge is -2.51. The Balaban J connectivity index is 2.32. The molecule has 1 aromatic rings. The molecule has 0 radical (unpaired) electrons. The largest absolute Gasteiger partial charge is 0.290 e. The lowest BCUT2D eigenvalue weighted by Crippen LogP contribution is -2.55. The van der Waals surface area contributed by atoms with Gasteiger partial charge in [0, 0.05) is 5.02 Å². The molecule has 3 aliphatic rings. The van der Waals surface area contributed by atoms with Crippen LogP contribution in [0.5, 0.6) is 0 Å². The predicted octanol–water partition coefficient (Wildman–Crippen LogP) is 5.51. The molecule has 25 heavy (non-hydrogen) atoms. The zero-order valence-electron chi connectivity index (χ0n) is 15.7. The molecule has 0 spiro atoms. The van der Waals surface area contributed by atoms with E-state index in [1.54, 1.807) is 0 Å². The number of fused-ring (bicyclic) bond motifs is 1. The summed E-state index contributed by atoms with van der Waals surface area (Å²) in [6.07, 6.45) is 4.10. The first kappa shape index (κ1) is 18.1. The lowest BCUT2D eigenvalue weighted by atomic mass is 9.49. The SMILES string of the molecule is CC(C)(C)C1=CC2(C(C)(C)C)C(=O)C(=O)C1C=C2c1ccc(Cl)cc1. The molecule has 2 nitrogen and oxygen atoms in total. The van der Waals surface area contributed by atoms with Crippen LogP contribution in [0.3, 0.4) is 0 Å². The van der Waals surface area contributed by atoms with Gasteiger partial charge in [0.25, 0.3) is 0 Å². The number of halogens is 1. The first-order valence-electron chi connectivity index (χ1n) is 8.70. The highest BCUT2D eigenvalue weighted by molar-refractivity contribution is 6.46. The van der Waals surface area contributed by atoms with Crippen molar-refractivity contribution < 1.29 is 9.59 Å². The minimum atomic E-state index is -0.935. The first-order chi connectivity index (χ1) is 11.4. The second-order valence-electron chi connectivity index (χ2n) is 9.17. The Morgan fingerprint density at radius 2 is 1.52 bits per heavy atom. The van der Waals surface area contributed by atoms with Gasteiger partial charge in [0.1, 0.15) is 0 Å². The van der Waals surface area contributed by atoms with E-state index in [1.807, 2.05) is 51.1 Å². The van der Waals surface area contributed by atoms with Gasteiger partial charge in [0.15, 0.2) is 0 Å². The molecule has 0 amide bonds. The highest BCUT2D eigenvalue weighted by Gasteiger charge is 2.60. The summed E-state index contributed by atoms with van der Waals surface area (Å²) in [7, 11) is 0. The van der Waals surface area contributed by atoms with E-state index in [4.69, 9.17) is 11.6 Å². The molecule has 0 saturated heterocycles. The third kappa shape index (κ3) is 2.54. The fourth-order valence-electron chi connectivity index (χ4n) is 4.13. The second-order valence-corrected chi connectivity index (χ2v) is 9.60. The van der Waals surface area contributed by atoms with E-state index in [-0.39, 0.29) is 17.0 Å². The normalized spacial score (nSPS) is 26.6. The Bertz CT molecular complexity index is 813. The Labute approximate surface area is 155 Å². The van der Waals surface area contributed by atoms with Crippen LogP contribution in [0.25, 0.3) is 5.57 Å². The topological polar surface area (TPSA) is 34.1 Å². The molecule has 0 saturated carbocycles. The summed E-state index contributed by atoms with van der Waals surface area (Å²) in [5, 5.41) is 0.656. The van der Waals surface area contributed by atoms with Gasteiger partial charge in [0.05, 0.1) is 11.3 Å². The average Bonchev–Trinajstić information content (AvgIpc) is 2.50. The summed E-state index contributed by atoms with van der Waals surface area (Å²) in [6.45, 7) is 12.4. The van der Waals surface area contributed by atoms with Gasteiger partial charge in [-0.25, -0.2) is 0 Å². The molecule has 0 fully saturated rings. The number of hydrogen-bond donors (Lipinski definition) is 0. The van der Waals surface area contributed by atoms with Gasteiger partial charge >= 0.3 is 0 Å². The standard InChI is InChI=1S/C22H25ClO2/c1-20(2,3)17-12-22(21(4,5)6)16(11-15(17)18(24)19(22)25)13-7-9-14(23)10-8-13/h7-12,15H,1-6H3. The zero-order chi connectivity index (χ0) is 18.8. The van der Waals surface area contributed by atoms with Crippen molar-refractivity contribution in [2.45, 2.75) is 41.5 Å². The van der Waals surface area contributed by atoms with E-state index >= 15 is 0 Å². The van der Waals surface area contributed by atoms with Crippen molar-refractivity contribution >= 4 is 28.7 Å². The summed E-state index contributed by atoms with van der Waals surface area (Å²) < 4.78 is 0. The molecule has 0 aliphatic heterocycles. The van der Waals surface area contributed by atoms with Gasteiger partial charge in [-0.05, 0) is 34.1 Å².